The molecule has 6 nitrogen and oxygen atoms in total. The molecule has 8 heteroatoms. The van der Waals surface area contributed by atoms with E-state index in [1.54, 1.807) is 0 Å². The van der Waals surface area contributed by atoms with Gasteiger partial charge in [0.2, 0.25) is 0 Å². The van der Waals surface area contributed by atoms with Crippen molar-refractivity contribution in [2.45, 2.75) is 245 Å². The molecule has 0 aromatic rings. The van der Waals surface area contributed by atoms with Gasteiger partial charge in [0.15, 0.2) is 0 Å². The summed E-state index contributed by atoms with van der Waals surface area (Å²) in [5.74, 6) is -1.67. The Labute approximate surface area is 333 Å². The van der Waals surface area contributed by atoms with Crippen molar-refractivity contribution in [2.24, 2.45) is 0 Å². The van der Waals surface area contributed by atoms with E-state index in [1.165, 1.54) is 103 Å². The number of unbranched alkanes of at least 4 members (excludes halogenated alkanes) is 12. The van der Waals surface area contributed by atoms with E-state index in [4.69, 9.17) is 28.4 Å². The molecule has 0 aliphatic carbocycles. The van der Waals surface area contributed by atoms with E-state index in [1.807, 2.05) is 0 Å². The molecule has 0 amide bonds. The van der Waals surface area contributed by atoms with Crippen molar-refractivity contribution in [2.75, 3.05) is 39.6 Å². The lowest BCUT2D eigenvalue weighted by atomic mass is 10.1. The van der Waals surface area contributed by atoms with Gasteiger partial charge in [-0.1, -0.05) is 154 Å². The largest absolute Gasteiger partial charge is 0.327 e. The summed E-state index contributed by atoms with van der Waals surface area (Å²) in [6.45, 7) is 21.7. The van der Waals surface area contributed by atoms with Crippen LogP contribution < -0.4 is 0 Å². The van der Waals surface area contributed by atoms with E-state index in [-0.39, 0.29) is 0 Å². The van der Waals surface area contributed by atoms with Crippen LogP contribution in [-0.2, 0) is 28.4 Å². The molecule has 0 radical (unpaired) electrons. The Morgan fingerprint density at radius 3 is 0.788 bits per heavy atom. The predicted octanol–water partition coefficient (Wildman–Crippen LogP) is 14.8. The summed E-state index contributed by atoms with van der Waals surface area (Å²) in [5.41, 5.74) is 0. The van der Waals surface area contributed by atoms with E-state index >= 15 is 0 Å². The van der Waals surface area contributed by atoms with Gasteiger partial charge >= 0.3 is 0 Å². The molecule has 0 aliphatic heterocycles. The standard InChI is InChI=1S/C44H90O6S2/c1-9-35-45-43(46-36-10-2,47-37-11-3)33-29-25-21-17-19-23-27-31-41(15-7)51-52-42(16-8)32-28-24-20-18-22-26-30-34-44(48-38-12-4,49-39-13-5)50-40-14-6/h41-42H,9-40H2,1-8H3. The fourth-order valence-corrected chi connectivity index (χ4v) is 9.67. The van der Waals surface area contributed by atoms with Crippen molar-refractivity contribution in [3.05, 3.63) is 0 Å². The number of hydrogen-bond acceptors (Lipinski definition) is 8. The molecule has 0 fully saturated rings. The zero-order valence-electron chi connectivity index (χ0n) is 36.0. The Kier molecular flexibility index (Phi) is 38.7. The second-order valence-electron chi connectivity index (χ2n) is 14.7. The fraction of sp³-hybridized carbons (Fsp3) is 1.00. The first-order valence-electron chi connectivity index (χ1n) is 22.6. The average Bonchev–Trinajstić information content (AvgIpc) is 3.17. The van der Waals surface area contributed by atoms with Crippen LogP contribution in [0.25, 0.3) is 0 Å². The Hall–Kier alpha value is 0.460. The third kappa shape index (κ3) is 28.8. The SMILES string of the molecule is CCCOC(CCCCCCCCCC(CC)SSC(CC)CCCCCCCCCC(OCCC)(OCCC)OCCC)(OCCC)OCCC. The van der Waals surface area contributed by atoms with Gasteiger partial charge in [-0.3, -0.25) is 0 Å². The Morgan fingerprint density at radius 2 is 0.558 bits per heavy atom. The maximum absolute atomic E-state index is 6.14. The topological polar surface area (TPSA) is 55.4 Å². The molecule has 0 aromatic heterocycles. The molecule has 0 heterocycles. The molecule has 52 heavy (non-hydrogen) atoms. The number of ether oxygens (including phenoxy) is 6. The van der Waals surface area contributed by atoms with Gasteiger partial charge in [0.25, 0.3) is 11.9 Å². The van der Waals surface area contributed by atoms with Gasteiger partial charge in [-0.05, 0) is 77.0 Å². The van der Waals surface area contributed by atoms with Gasteiger partial charge in [-0.15, -0.1) is 0 Å². The monoisotopic (exact) mass is 779 g/mol. The van der Waals surface area contributed by atoms with Crippen LogP contribution in [0.5, 0.6) is 0 Å². The van der Waals surface area contributed by atoms with Crippen LogP contribution in [-0.4, -0.2) is 62.1 Å². The van der Waals surface area contributed by atoms with Crippen LogP contribution in [0, 0.1) is 0 Å². The number of rotatable bonds is 43. The highest BCUT2D eigenvalue weighted by Crippen LogP contribution is 2.38. The van der Waals surface area contributed by atoms with Crippen molar-refractivity contribution in [3.8, 4) is 0 Å². The summed E-state index contributed by atoms with van der Waals surface area (Å²) >= 11 is 0. The smallest absolute Gasteiger partial charge is 0.282 e. The highest BCUT2D eigenvalue weighted by atomic mass is 33.1. The maximum Gasteiger partial charge on any atom is 0.282 e. The summed E-state index contributed by atoms with van der Waals surface area (Å²) < 4.78 is 36.8. The molecule has 0 rings (SSSR count). The van der Waals surface area contributed by atoms with E-state index in [0.717, 1.165) is 74.7 Å². The van der Waals surface area contributed by atoms with Gasteiger partial charge in [-0.2, -0.15) is 0 Å². The lowest BCUT2D eigenvalue weighted by Gasteiger charge is -2.33. The normalized spacial score (nSPS) is 13.6. The van der Waals surface area contributed by atoms with Gasteiger partial charge in [0, 0.05) is 23.3 Å². The first-order valence-corrected chi connectivity index (χ1v) is 24.9. The van der Waals surface area contributed by atoms with E-state index < -0.39 is 11.9 Å². The molecular weight excluding hydrogens is 689 g/mol. The molecule has 0 N–H and O–H groups in total. The lowest BCUT2D eigenvalue weighted by Crippen LogP contribution is -2.40. The molecule has 2 unspecified atom stereocenters. The molecule has 0 bridgehead atoms. The first-order chi connectivity index (χ1) is 25.4. The molecular formula is C44H90O6S2. The van der Waals surface area contributed by atoms with Gasteiger partial charge in [0.05, 0.1) is 39.6 Å². The summed E-state index contributed by atoms with van der Waals surface area (Å²) in [6.07, 6.45) is 31.0. The zero-order chi connectivity index (χ0) is 38.4. The van der Waals surface area contributed by atoms with Crippen molar-refractivity contribution < 1.29 is 28.4 Å². The number of hydrogen-bond donors (Lipinski definition) is 0. The second kappa shape index (κ2) is 38.3. The zero-order valence-corrected chi connectivity index (χ0v) is 37.7. The second-order valence-corrected chi connectivity index (χ2v) is 17.6. The fourth-order valence-electron chi connectivity index (χ4n) is 6.22. The Bertz CT molecular complexity index is 613. The van der Waals surface area contributed by atoms with Gasteiger partial charge in [-0.25, -0.2) is 0 Å². The molecule has 0 aromatic carbocycles. The summed E-state index contributed by atoms with van der Waals surface area (Å²) in [7, 11) is 4.38. The average molecular weight is 779 g/mol. The molecule has 2 atom stereocenters. The molecule has 0 saturated heterocycles. The Balaban J connectivity index is 4.14. The highest BCUT2D eigenvalue weighted by Gasteiger charge is 2.33. The van der Waals surface area contributed by atoms with Crippen molar-refractivity contribution >= 4 is 21.6 Å². The quantitative estimate of drug-likeness (QED) is 0.0345. The molecule has 0 spiro atoms. The minimum Gasteiger partial charge on any atom is -0.327 e. The summed E-state index contributed by atoms with van der Waals surface area (Å²) in [5, 5.41) is 1.60. The van der Waals surface area contributed by atoms with Crippen LogP contribution in [0.2, 0.25) is 0 Å². The molecule has 314 valence electrons. The van der Waals surface area contributed by atoms with Gasteiger partial charge < -0.3 is 28.4 Å². The van der Waals surface area contributed by atoms with Crippen LogP contribution in [0.3, 0.4) is 0 Å². The molecule has 0 aliphatic rings. The lowest BCUT2D eigenvalue weighted by molar-refractivity contribution is -0.384. The van der Waals surface area contributed by atoms with Crippen molar-refractivity contribution in [1.29, 1.82) is 0 Å². The van der Waals surface area contributed by atoms with Crippen molar-refractivity contribution in [1.82, 2.24) is 0 Å². The first kappa shape index (κ1) is 52.5. The van der Waals surface area contributed by atoms with Gasteiger partial charge in [0.1, 0.15) is 0 Å². The Morgan fingerprint density at radius 1 is 0.327 bits per heavy atom. The van der Waals surface area contributed by atoms with Crippen LogP contribution in [0.4, 0.5) is 0 Å². The van der Waals surface area contributed by atoms with Crippen molar-refractivity contribution in [3.63, 3.8) is 0 Å². The van der Waals surface area contributed by atoms with E-state index in [9.17, 15) is 0 Å². The van der Waals surface area contributed by atoms with E-state index in [2.05, 4.69) is 77.0 Å². The minimum absolute atomic E-state index is 0.687. The summed E-state index contributed by atoms with van der Waals surface area (Å²) in [6, 6.07) is 0. The van der Waals surface area contributed by atoms with Crippen LogP contribution >= 0.6 is 21.6 Å². The van der Waals surface area contributed by atoms with E-state index in [0.29, 0.717) is 39.6 Å². The third-order valence-electron chi connectivity index (χ3n) is 9.41. The highest BCUT2D eigenvalue weighted by molar-refractivity contribution is 8.77. The third-order valence-corrected chi connectivity index (χ3v) is 13.2. The molecule has 0 saturated carbocycles. The summed E-state index contributed by atoms with van der Waals surface area (Å²) in [4.78, 5) is 0. The van der Waals surface area contributed by atoms with Crippen LogP contribution in [0.15, 0.2) is 0 Å². The maximum atomic E-state index is 6.14. The predicted molar refractivity (Wildman–Crippen MR) is 229 cm³/mol. The van der Waals surface area contributed by atoms with Crippen LogP contribution in [0.1, 0.15) is 222 Å². The minimum atomic E-state index is -0.836.